The van der Waals surface area contributed by atoms with Gasteiger partial charge in [-0.05, 0) is 48.4 Å². The van der Waals surface area contributed by atoms with Crippen molar-refractivity contribution < 1.29 is 18.0 Å². The minimum absolute atomic E-state index is 0.136. The summed E-state index contributed by atoms with van der Waals surface area (Å²) in [6.07, 6.45) is -1.97. The number of rotatable bonds is 13. The monoisotopic (exact) mass is 510 g/mol. The summed E-state index contributed by atoms with van der Waals surface area (Å²) in [7, 11) is 0. The second kappa shape index (κ2) is 14.0. The molecule has 194 valence electrons. The molecule has 1 aromatic heterocycles. The van der Waals surface area contributed by atoms with E-state index >= 15 is 0 Å². The lowest BCUT2D eigenvalue weighted by Gasteiger charge is -2.18. The van der Waals surface area contributed by atoms with Crippen molar-refractivity contribution in [2.75, 3.05) is 43.4 Å². The lowest BCUT2D eigenvalue weighted by molar-refractivity contribution is -0.124. The fraction of sp³-hybridized carbons (Fsp3) is 0.296. The molecular weight excluding hydrogens is 481 g/mol. The number of halogens is 3. The number of benzene rings is 2. The molecular formula is C27H29F3N6O. The van der Waals surface area contributed by atoms with Gasteiger partial charge in [-0.15, -0.1) is 0 Å². The molecule has 4 N–H and O–H groups in total. The Morgan fingerprint density at radius 1 is 0.946 bits per heavy atom. The summed E-state index contributed by atoms with van der Waals surface area (Å²) in [6, 6.07) is 22.4. The van der Waals surface area contributed by atoms with Crippen molar-refractivity contribution in [1.82, 2.24) is 15.6 Å². The molecule has 10 heteroatoms. The standard InChI is InChI=1S/C27H29F3N6O/c28-27(29,30)19-33-14-15-34-25-11-10-23(17-35-25)36-26(37)24(22-4-2-1-3-5-22)18-32-13-12-20-6-8-21(16-31)9-7-20/h1-11,17,24,32-33H,12-15,18-19H2,(H,34,35)(H,36,37). The molecule has 3 rings (SSSR count). The van der Waals surface area contributed by atoms with Crippen molar-refractivity contribution in [3.63, 3.8) is 0 Å². The Morgan fingerprint density at radius 2 is 1.70 bits per heavy atom. The van der Waals surface area contributed by atoms with Crippen molar-refractivity contribution >= 4 is 17.4 Å². The third-order valence-corrected chi connectivity index (χ3v) is 5.50. The van der Waals surface area contributed by atoms with Gasteiger partial charge in [0.1, 0.15) is 5.82 Å². The first-order valence-corrected chi connectivity index (χ1v) is 11.9. The van der Waals surface area contributed by atoms with Crippen molar-refractivity contribution in [3.8, 4) is 6.07 Å². The molecule has 0 aliphatic heterocycles. The van der Waals surface area contributed by atoms with E-state index in [0.717, 1.165) is 17.5 Å². The average molecular weight is 511 g/mol. The molecule has 1 amide bonds. The predicted molar refractivity (Wildman–Crippen MR) is 137 cm³/mol. The van der Waals surface area contributed by atoms with Crippen LogP contribution in [-0.2, 0) is 11.2 Å². The SMILES string of the molecule is N#Cc1ccc(CCNCC(C(=O)Nc2ccc(NCCNCC(F)(F)F)nc2)c2ccccc2)cc1. The van der Waals surface area contributed by atoms with E-state index in [1.165, 1.54) is 6.20 Å². The highest BCUT2D eigenvalue weighted by Crippen LogP contribution is 2.19. The van der Waals surface area contributed by atoms with E-state index in [1.54, 1.807) is 24.3 Å². The average Bonchev–Trinajstić information content (AvgIpc) is 2.89. The van der Waals surface area contributed by atoms with E-state index in [4.69, 9.17) is 5.26 Å². The van der Waals surface area contributed by atoms with Gasteiger partial charge in [0.2, 0.25) is 5.91 Å². The first-order chi connectivity index (χ1) is 17.8. The molecule has 37 heavy (non-hydrogen) atoms. The fourth-order valence-corrected chi connectivity index (χ4v) is 3.58. The molecule has 1 atom stereocenters. The van der Waals surface area contributed by atoms with Gasteiger partial charge in [-0.2, -0.15) is 18.4 Å². The predicted octanol–water partition coefficient (Wildman–Crippen LogP) is 4.07. The highest BCUT2D eigenvalue weighted by Gasteiger charge is 2.25. The Morgan fingerprint density at radius 3 is 2.35 bits per heavy atom. The zero-order valence-corrected chi connectivity index (χ0v) is 20.2. The van der Waals surface area contributed by atoms with Crippen LogP contribution in [0.1, 0.15) is 22.6 Å². The van der Waals surface area contributed by atoms with Crippen molar-refractivity contribution in [3.05, 3.63) is 89.6 Å². The summed E-state index contributed by atoms with van der Waals surface area (Å²) in [4.78, 5) is 17.4. The lowest BCUT2D eigenvalue weighted by Crippen LogP contribution is -2.32. The highest BCUT2D eigenvalue weighted by atomic mass is 19.4. The number of alkyl halides is 3. The largest absolute Gasteiger partial charge is 0.401 e. The van der Waals surface area contributed by atoms with Gasteiger partial charge in [-0.1, -0.05) is 42.5 Å². The minimum atomic E-state index is -4.24. The highest BCUT2D eigenvalue weighted by molar-refractivity contribution is 5.96. The first-order valence-electron chi connectivity index (χ1n) is 11.9. The van der Waals surface area contributed by atoms with Crippen LogP contribution in [0.2, 0.25) is 0 Å². The number of amides is 1. The number of nitrogens with one attached hydrogen (secondary N) is 4. The topological polar surface area (TPSA) is 102 Å². The van der Waals surface area contributed by atoms with E-state index in [1.807, 2.05) is 42.5 Å². The van der Waals surface area contributed by atoms with Crippen LogP contribution in [0.15, 0.2) is 72.9 Å². The summed E-state index contributed by atoms with van der Waals surface area (Å²) in [5, 5.41) is 20.4. The molecule has 0 saturated carbocycles. The Kier molecular flexibility index (Phi) is 10.4. The molecule has 1 unspecified atom stereocenters. The van der Waals surface area contributed by atoms with E-state index in [0.29, 0.717) is 30.2 Å². The molecule has 2 aromatic carbocycles. The van der Waals surface area contributed by atoms with Gasteiger partial charge < -0.3 is 21.3 Å². The van der Waals surface area contributed by atoms with Crippen LogP contribution in [0.5, 0.6) is 0 Å². The van der Waals surface area contributed by atoms with Gasteiger partial charge in [0.05, 0.1) is 36.0 Å². The number of hydrogen-bond donors (Lipinski definition) is 4. The van der Waals surface area contributed by atoms with Crippen LogP contribution in [0.4, 0.5) is 24.7 Å². The third-order valence-electron chi connectivity index (χ3n) is 5.50. The maximum atomic E-state index is 13.1. The van der Waals surface area contributed by atoms with Crippen molar-refractivity contribution in [2.24, 2.45) is 0 Å². The van der Waals surface area contributed by atoms with Crippen LogP contribution in [-0.4, -0.2) is 49.8 Å². The number of carbonyl (C=O) groups excluding carboxylic acids is 1. The van der Waals surface area contributed by atoms with Crippen molar-refractivity contribution in [1.29, 1.82) is 5.26 Å². The number of nitriles is 1. The molecule has 0 bridgehead atoms. The Labute approximate surface area is 214 Å². The summed E-state index contributed by atoms with van der Waals surface area (Å²) < 4.78 is 36.5. The van der Waals surface area contributed by atoms with Gasteiger partial charge >= 0.3 is 6.18 Å². The molecule has 0 spiro atoms. The van der Waals surface area contributed by atoms with Crippen molar-refractivity contribution in [2.45, 2.75) is 18.5 Å². The number of carbonyl (C=O) groups is 1. The Hall–Kier alpha value is -3.94. The molecule has 3 aromatic rings. The van der Waals surface area contributed by atoms with Crippen LogP contribution in [0, 0.1) is 11.3 Å². The summed E-state index contributed by atoms with van der Waals surface area (Å²) in [5.74, 6) is -0.119. The van der Waals surface area contributed by atoms with Gasteiger partial charge in [0.15, 0.2) is 0 Å². The normalized spacial score (nSPS) is 11.9. The maximum Gasteiger partial charge on any atom is 0.401 e. The minimum Gasteiger partial charge on any atom is -0.369 e. The number of anilines is 2. The van der Waals surface area contributed by atoms with E-state index < -0.39 is 18.6 Å². The van der Waals surface area contributed by atoms with Crippen LogP contribution < -0.4 is 21.3 Å². The van der Waals surface area contributed by atoms with Gasteiger partial charge in [-0.3, -0.25) is 4.79 Å². The van der Waals surface area contributed by atoms with Crippen LogP contribution in [0.25, 0.3) is 0 Å². The second-order valence-corrected chi connectivity index (χ2v) is 8.37. The van der Waals surface area contributed by atoms with Crippen LogP contribution in [0.3, 0.4) is 0 Å². The number of hydrogen-bond acceptors (Lipinski definition) is 6. The number of pyridine rings is 1. The Balaban J connectivity index is 1.50. The van der Waals surface area contributed by atoms with E-state index in [-0.39, 0.29) is 19.0 Å². The molecule has 0 saturated heterocycles. The maximum absolute atomic E-state index is 13.1. The third kappa shape index (κ3) is 9.91. The smallest absolute Gasteiger partial charge is 0.369 e. The number of nitrogens with zero attached hydrogens (tertiary/aromatic N) is 2. The molecule has 0 aliphatic rings. The lowest BCUT2D eigenvalue weighted by atomic mass is 9.98. The quantitative estimate of drug-likeness (QED) is 0.259. The first kappa shape index (κ1) is 27.6. The van der Waals surface area contributed by atoms with Gasteiger partial charge in [0, 0.05) is 19.6 Å². The summed E-state index contributed by atoms with van der Waals surface area (Å²) >= 11 is 0. The van der Waals surface area contributed by atoms with Crippen LogP contribution >= 0.6 is 0 Å². The zero-order chi connectivity index (χ0) is 26.5. The molecule has 0 aliphatic carbocycles. The Bertz CT molecular complexity index is 1150. The molecule has 1 heterocycles. The molecule has 0 radical (unpaired) electrons. The summed E-state index contributed by atoms with van der Waals surface area (Å²) in [5.41, 5.74) is 3.12. The number of aromatic nitrogens is 1. The molecule has 0 fully saturated rings. The van der Waals surface area contributed by atoms with Gasteiger partial charge in [-0.25, -0.2) is 4.98 Å². The zero-order valence-electron chi connectivity index (χ0n) is 20.2. The second-order valence-electron chi connectivity index (χ2n) is 8.37. The fourth-order valence-electron chi connectivity index (χ4n) is 3.58. The summed E-state index contributed by atoms with van der Waals surface area (Å²) in [6.45, 7) is 0.474. The van der Waals surface area contributed by atoms with Gasteiger partial charge in [0.25, 0.3) is 0 Å². The molecule has 7 nitrogen and oxygen atoms in total. The van der Waals surface area contributed by atoms with E-state index in [2.05, 4.69) is 32.3 Å². The van der Waals surface area contributed by atoms with E-state index in [9.17, 15) is 18.0 Å².